The number of quaternary nitrogens is 1. The molecule has 0 bridgehead atoms. The first-order valence-corrected chi connectivity index (χ1v) is 3.61. The van der Waals surface area contributed by atoms with Gasteiger partial charge < -0.3 is 10.3 Å². The molecule has 2 heteroatoms. The van der Waals surface area contributed by atoms with Gasteiger partial charge in [-0.2, -0.15) is 0 Å². The van der Waals surface area contributed by atoms with Gasteiger partial charge in [0.2, 0.25) is 0 Å². The van der Waals surface area contributed by atoms with Gasteiger partial charge in [-0.15, -0.1) is 0 Å². The second-order valence-electron chi connectivity index (χ2n) is 2.72. The van der Waals surface area contributed by atoms with Crippen molar-refractivity contribution in [3.05, 3.63) is 39.9 Å². The van der Waals surface area contributed by atoms with Crippen LogP contribution in [0.25, 0.3) is 11.9 Å². The molecule has 1 aromatic carbocycles. The lowest BCUT2D eigenvalue weighted by Crippen LogP contribution is -2.97. The zero-order valence-corrected chi connectivity index (χ0v) is 6.29. The summed E-state index contributed by atoms with van der Waals surface area (Å²) in [5, 5.41) is 13.4. The lowest BCUT2D eigenvalue weighted by molar-refractivity contribution is -0.672. The fraction of sp³-hybridized carbons (Fsp3) is 0.111. The Hall–Kier alpha value is -1.12. The highest BCUT2D eigenvalue weighted by Crippen LogP contribution is 1.80. The van der Waals surface area contributed by atoms with Gasteiger partial charge in [-0.1, -0.05) is 12.1 Å². The van der Waals surface area contributed by atoms with E-state index in [-0.39, 0.29) is 5.06 Å². The summed E-state index contributed by atoms with van der Waals surface area (Å²) in [6.45, 7) is 1.87. The molecule has 0 fully saturated rings. The summed E-state index contributed by atoms with van der Waals surface area (Å²) in [6.07, 6.45) is 1.69. The third kappa shape index (κ3) is 0.878. The molecule has 1 unspecified atom stereocenters. The maximum Gasteiger partial charge on any atom is 0.117 e. The fourth-order valence-electron chi connectivity index (χ4n) is 1.35. The van der Waals surface area contributed by atoms with Gasteiger partial charge in [0.05, 0.1) is 0 Å². The average Bonchev–Trinajstić information content (AvgIpc) is 2.30. The minimum Gasteiger partial charge on any atom is -0.624 e. The molecule has 1 aliphatic rings. The molecule has 0 saturated heterocycles. The van der Waals surface area contributed by atoms with Crippen LogP contribution in [0.5, 0.6) is 0 Å². The molecular formula is C9H9NO. The summed E-state index contributed by atoms with van der Waals surface area (Å²) >= 11 is 0. The van der Waals surface area contributed by atoms with E-state index in [0.717, 1.165) is 16.1 Å². The standard InChI is InChI=1S/C9H9NO/c1-7-9-5-3-2-4-8(9)6-10(7)11/h2-6,10H,1H3. The second kappa shape index (κ2) is 2.19. The van der Waals surface area contributed by atoms with Crippen molar-refractivity contribution in [3.8, 4) is 0 Å². The topological polar surface area (TPSA) is 27.5 Å². The van der Waals surface area contributed by atoms with Crippen LogP contribution in [-0.2, 0) is 0 Å². The molecule has 2 rings (SSSR count). The van der Waals surface area contributed by atoms with Crippen molar-refractivity contribution in [1.29, 1.82) is 0 Å². The Balaban J connectivity index is 2.89. The van der Waals surface area contributed by atoms with Gasteiger partial charge >= 0.3 is 0 Å². The Labute approximate surface area is 64.6 Å². The van der Waals surface area contributed by atoms with E-state index < -0.39 is 0 Å². The van der Waals surface area contributed by atoms with E-state index in [1.165, 1.54) is 0 Å². The zero-order chi connectivity index (χ0) is 7.84. The molecule has 0 amide bonds. The number of rotatable bonds is 0. The van der Waals surface area contributed by atoms with E-state index in [1.54, 1.807) is 6.20 Å². The predicted octanol–water partition coefficient (Wildman–Crippen LogP) is -1.05. The van der Waals surface area contributed by atoms with Crippen molar-refractivity contribution in [2.24, 2.45) is 0 Å². The van der Waals surface area contributed by atoms with Crippen molar-refractivity contribution in [2.75, 3.05) is 0 Å². The third-order valence-corrected chi connectivity index (χ3v) is 2.02. The molecular weight excluding hydrogens is 138 g/mol. The highest BCUT2D eigenvalue weighted by Gasteiger charge is 2.06. The highest BCUT2D eigenvalue weighted by molar-refractivity contribution is 5.42. The molecule has 11 heavy (non-hydrogen) atoms. The summed E-state index contributed by atoms with van der Waals surface area (Å²) in [4.78, 5) is 0. The van der Waals surface area contributed by atoms with Crippen molar-refractivity contribution in [2.45, 2.75) is 6.92 Å². The van der Waals surface area contributed by atoms with Crippen LogP contribution in [0, 0.1) is 5.21 Å². The van der Waals surface area contributed by atoms with Gasteiger partial charge in [0.15, 0.2) is 0 Å². The van der Waals surface area contributed by atoms with Gasteiger partial charge in [0.25, 0.3) is 0 Å². The molecule has 0 aromatic heterocycles. The van der Waals surface area contributed by atoms with E-state index in [4.69, 9.17) is 0 Å². The van der Waals surface area contributed by atoms with Crippen LogP contribution in [0.1, 0.15) is 6.92 Å². The van der Waals surface area contributed by atoms with Gasteiger partial charge in [-0.05, 0) is 12.1 Å². The Morgan fingerprint density at radius 2 is 2.00 bits per heavy atom. The smallest absolute Gasteiger partial charge is 0.117 e. The summed E-state index contributed by atoms with van der Waals surface area (Å²) in [7, 11) is 0. The van der Waals surface area contributed by atoms with Crippen LogP contribution in [0.3, 0.4) is 0 Å². The van der Waals surface area contributed by atoms with Crippen LogP contribution in [0.2, 0.25) is 0 Å². The first-order valence-electron chi connectivity index (χ1n) is 3.61. The van der Waals surface area contributed by atoms with Crippen LogP contribution in [-0.4, -0.2) is 0 Å². The lowest BCUT2D eigenvalue weighted by Gasteiger charge is -2.12. The summed E-state index contributed by atoms with van der Waals surface area (Å²) in [5.41, 5.74) is 0.862. The maximum atomic E-state index is 11.1. The van der Waals surface area contributed by atoms with E-state index in [9.17, 15) is 5.21 Å². The molecule has 1 heterocycles. The van der Waals surface area contributed by atoms with E-state index in [2.05, 4.69) is 0 Å². The monoisotopic (exact) mass is 147 g/mol. The number of hydrogen-bond acceptors (Lipinski definition) is 1. The predicted molar refractivity (Wildman–Crippen MR) is 43.6 cm³/mol. The minimum atomic E-state index is 0.145. The van der Waals surface area contributed by atoms with Crippen LogP contribution >= 0.6 is 0 Å². The summed E-state index contributed by atoms with van der Waals surface area (Å²) in [6, 6.07) is 7.84. The second-order valence-corrected chi connectivity index (χ2v) is 2.72. The van der Waals surface area contributed by atoms with Gasteiger partial charge in [-0.25, -0.2) is 0 Å². The van der Waals surface area contributed by atoms with Crippen LogP contribution < -0.4 is 15.5 Å². The number of hydroxylamine groups is 2. The summed E-state index contributed by atoms with van der Waals surface area (Å²) in [5.74, 6) is 0. The molecule has 1 atom stereocenters. The molecule has 1 aromatic rings. The normalized spacial score (nSPS) is 21.3. The Bertz CT molecular complexity index is 394. The number of fused-ring (bicyclic) bond motifs is 1. The first kappa shape index (κ1) is 6.58. The molecule has 0 aliphatic carbocycles. The third-order valence-electron chi connectivity index (χ3n) is 2.02. The number of hydrogen-bond donors (Lipinski definition) is 1. The lowest BCUT2D eigenvalue weighted by atomic mass is 10.2. The van der Waals surface area contributed by atoms with Crippen LogP contribution in [0.15, 0.2) is 24.3 Å². The van der Waals surface area contributed by atoms with Crippen molar-refractivity contribution >= 4 is 11.9 Å². The van der Waals surface area contributed by atoms with Crippen molar-refractivity contribution < 1.29 is 5.06 Å². The largest absolute Gasteiger partial charge is 0.624 e. The highest BCUT2D eigenvalue weighted by atomic mass is 16.5. The molecule has 0 spiro atoms. The molecule has 2 nitrogen and oxygen atoms in total. The van der Waals surface area contributed by atoms with Gasteiger partial charge in [0.1, 0.15) is 11.9 Å². The average molecular weight is 147 g/mol. The van der Waals surface area contributed by atoms with Gasteiger partial charge in [0, 0.05) is 17.4 Å². The Morgan fingerprint density at radius 1 is 1.27 bits per heavy atom. The quantitative estimate of drug-likeness (QED) is 0.466. The number of benzene rings is 1. The molecule has 1 N–H and O–H groups in total. The zero-order valence-electron chi connectivity index (χ0n) is 6.29. The Kier molecular flexibility index (Phi) is 1.31. The fourth-order valence-corrected chi connectivity index (χ4v) is 1.35. The van der Waals surface area contributed by atoms with Crippen molar-refractivity contribution in [1.82, 2.24) is 0 Å². The minimum absolute atomic E-state index is 0.145. The molecule has 0 saturated carbocycles. The van der Waals surface area contributed by atoms with Crippen LogP contribution in [0.4, 0.5) is 0 Å². The maximum absolute atomic E-state index is 11.1. The Morgan fingerprint density at radius 3 is 2.73 bits per heavy atom. The van der Waals surface area contributed by atoms with Crippen molar-refractivity contribution in [3.63, 3.8) is 0 Å². The van der Waals surface area contributed by atoms with E-state index >= 15 is 0 Å². The molecule has 56 valence electrons. The molecule has 1 aliphatic heterocycles. The molecule has 0 radical (unpaired) electrons. The first-order chi connectivity index (χ1) is 5.29. The number of nitrogens with one attached hydrogen (secondary N) is 1. The van der Waals surface area contributed by atoms with Gasteiger partial charge in [-0.3, -0.25) is 0 Å². The van der Waals surface area contributed by atoms with E-state index in [1.807, 2.05) is 31.2 Å². The summed E-state index contributed by atoms with van der Waals surface area (Å²) < 4.78 is 0. The van der Waals surface area contributed by atoms with E-state index in [0.29, 0.717) is 0 Å². The SMILES string of the molecule is CC1=c2ccccc2=C[NH+]1[O-].